The number of hydrogen-bond acceptors (Lipinski definition) is 4. The van der Waals surface area contributed by atoms with E-state index < -0.39 is 0 Å². The highest BCUT2D eigenvalue weighted by Crippen LogP contribution is 2.30. The summed E-state index contributed by atoms with van der Waals surface area (Å²) < 4.78 is 5.76. The molecule has 2 aliphatic rings. The van der Waals surface area contributed by atoms with E-state index in [1.807, 2.05) is 20.8 Å². The Labute approximate surface area is 160 Å². The monoisotopic (exact) mass is 371 g/mol. The Morgan fingerprint density at radius 2 is 1.73 bits per heavy atom. The first kappa shape index (κ1) is 23.1. The van der Waals surface area contributed by atoms with Gasteiger partial charge in [0, 0.05) is 25.7 Å². The highest BCUT2D eigenvalue weighted by molar-refractivity contribution is 5.84. The highest BCUT2D eigenvalue weighted by atomic mass is 16.5. The molecule has 1 amide bonds. The van der Waals surface area contributed by atoms with Gasteiger partial charge >= 0.3 is 0 Å². The third-order valence-electron chi connectivity index (χ3n) is 5.30. The molecule has 0 aromatic carbocycles. The summed E-state index contributed by atoms with van der Waals surface area (Å²) >= 11 is 0. The second kappa shape index (κ2) is 12.4. The Bertz CT molecular complexity index is 416. The van der Waals surface area contributed by atoms with Gasteiger partial charge < -0.3 is 15.2 Å². The van der Waals surface area contributed by atoms with Crippen LogP contribution in [-0.2, 0) is 14.3 Å². The van der Waals surface area contributed by atoms with Crippen LogP contribution in [0.2, 0.25) is 0 Å². The topological polar surface area (TPSA) is 75.6 Å². The van der Waals surface area contributed by atoms with E-state index in [9.17, 15) is 9.59 Å². The predicted octanol–water partition coefficient (Wildman–Crippen LogP) is 3.87. The molecule has 154 valence electrons. The standard InChI is InChI=1S/C17H29NO3.C4H10O.H2/c1-12(2)17(20)13-10-14(11-13)18-16(19)8-9-21-15-6-4-3-5-7-15;1-3-4(2)5;/h12-15H,3-11H2,1-2H3,(H,18,19);4-5H,3H2,1-2H3;1H. The molecule has 2 aliphatic carbocycles. The van der Waals surface area contributed by atoms with Crippen LogP contribution < -0.4 is 5.32 Å². The summed E-state index contributed by atoms with van der Waals surface area (Å²) in [6.07, 6.45) is 9.28. The van der Waals surface area contributed by atoms with Gasteiger partial charge in [-0.05, 0) is 39.0 Å². The second-order valence-corrected chi connectivity index (χ2v) is 8.13. The normalized spacial score (nSPS) is 24.2. The first-order valence-electron chi connectivity index (χ1n) is 10.5. The molecule has 1 unspecified atom stereocenters. The lowest BCUT2D eigenvalue weighted by atomic mass is 9.75. The third-order valence-corrected chi connectivity index (χ3v) is 5.30. The number of carbonyl (C=O) groups is 2. The van der Waals surface area contributed by atoms with Crippen LogP contribution in [-0.4, -0.2) is 41.7 Å². The lowest BCUT2D eigenvalue weighted by molar-refractivity contribution is -0.131. The molecule has 26 heavy (non-hydrogen) atoms. The molecule has 0 aliphatic heterocycles. The Balaban J connectivity index is 0.00000100. The minimum Gasteiger partial charge on any atom is -0.393 e. The Hall–Kier alpha value is -0.940. The molecule has 2 rings (SSSR count). The molecule has 0 bridgehead atoms. The van der Waals surface area contributed by atoms with Gasteiger partial charge in [-0.3, -0.25) is 9.59 Å². The van der Waals surface area contributed by atoms with Gasteiger partial charge in [-0.1, -0.05) is 40.0 Å². The van der Waals surface area contributed by atoms with Crippen LogP contribution in [0, 0.1) is 11.8 Å². The average Bonchev–Trinajstić information content (AvgIpc) is 2.58. The molecule has 0 aromatic heterocycles. The van der Waals surface area contributed by atoms with Crippen LogP contribution >= 0.6 is 0 Å². The molecule has 5 nitrogen and oxygen atoms in total. The van der Waals surface area contributed by atoms with Crippen molar-refractivity contribution >= 4 is 11.7 Å². The van der Waals surface area contributed by atoms with Crippen molar-refractivity contribution < 1.29 is 20.9 Å². The van der Waals surface area contributed by atoms with E-state index in [-0.39, 0.29) is 31.3 Å². The lowest BCUT2D eigenvalue weighted by Gasteiger charge is -2.35. The van der Waals surface area contributed by atoms with Gasteiger partial charge in [0.15, 0.2) is 0 Å². The molecule has 0 heterocycles. The van der Waals surface area contributed by atoms with E-state index in [0.29, 0.717) is 24.9 Å². The predicted molar refractivity (Wildman–Crippen MR) is 106 cm³/mol. The largest absolute Gasteiger partial charge is 0.393 e. The van der Waals surface area contributed by atoms with Crippen molar-refractivity contribution in [3.63, 3.8) is 0 Å². The number of rotatable bonds is 8. The number of aliphatic hydroxyl groups excluding tert-OH is 1. The Kier molecular flexibility index (Phi) is 11.1. The van der Waals surface area contributed by atoms with Gasteiger partial charge in [-0.15, -0.1) is 0 Å². The van der Waals surface area contributed by atoms with Crippen molar-refractivity contribution in [2.75, 3.05) is 6.61 Å². The fourth-order valence-corrected chi connectivity index (χ4v) is 3.29. The maximum absolute atomic E-state index is 11.8. The zero-order valence-corrected chi connectivity index (χ0v) is 17.1. The summed E-state index contributed by atoms with van der Waals surface area (Å²) in [5.74, 6) is 0.664. The molecular weight excluding hydrogens is 330 g/mol. The second-order valence-electron chi connectivity index (χ2n) is 8.13. The zero-order valence-electron chi connectivity index (χ0n) is 17.1. The molecule has 2 saturated carbocycles. The van der Waals surface area contributed by atoms with Crippen molar-refractivity contribution in [3.05, 3.63) is 0 Å². The van der Waals surface area contributed by atoms with E-state index in [2.05, 4.69) is 5.32 Å². The molecule has 2 N–H and O–H groups in total. The maximum atomic E-state index is 11.8. The van der Waals surface area contributed by atoms with Crippen molar-refractivity contribution in [2.45, 2.75) is 104 Å². The number of ketones is 1. The van der Waals surface area contributed by atoms with E-state index in [1.54, 1.807) is 6.92 Å². The fourth-order valence-electron chi connectivity index (χ4n) is 3.29. The Morgan fingerprint density at radius 1 is 1.15 bits per heavy atom. The Morgan fingerprint density at radius 3 is 2.23 bits per heavy atom. The van der Waals surface area contributed by atoms with Crippen LogP contribution in [0.15, 0.2) is 0 Å². The van der Waals surface area contributed by atoms with Crippen LogP contribution in [0.3, 0.4) is 0 Å². The number of carbonyl (C=O) groups excluding carboxylic acids is 2. The van der Waals surface area contributed by atoms with Crippen LogP contribution in [0.1, 0.15) is 86.9 Å². The lowest BCUT2D eigenvalue weighted by Crippen LogP contribution is -2.47. The molecule has 2 fully saturated rings. The van der Waals surface area contributed by atoms with Gasteiger partial charge in [0.1, 0.15) is 5.78 Å². The van der Waals surface area contributed by atoms with E-state index in [0.717, 1.165) is 32.1 Å². The zero-order chi connectivity index (χ0) is 19.5. The molecule has 0 saturated heterocycles. The number of aliphatic hydroxyl groups is 1. The first-order chi connectivity index (χ1) is 12.3. The number of hydrogen-bond donors (Lipinski definition) is 2. The summed E-state index contributed by atoms with van der Waals surface area (Å²) in [7, 11) is 0. The summed E-state index contributed by atoms with van der Waals surface area (Å²) in [6.45, 7) is 8.13. The van der Waals surface area contributed by atoms with E-state index >= 15 is 0 Å². The smallest absolute Gasteiger partial charge is 0.222 e. The molecule has 0 spiro atoms. The summed E-state index contributed by atoms with van der Waals surface area (Å²) in [5, 5.41) is 11.4. The fraction of sp³-hybridized carbons (Fsp3) is 0.905. The van der Waals surface area contributed by atoms with E-state index in [4.69, 9.17) is 9.84 Å². The maximum Gasteiger partial charge on any atom is 0.222 e. The molecular formula is C21H41NO4. The van der Waals surface area contributed by atoms with Gasteiger partial charge in [-0.2, -0.15) is 0 Å². The van der Waals surface area contributed by atoms with Crippen LogP contribution in [0.5, 0.6) is 0 Å². The van der Waals surface area contributed by atoms with Crippen LogP contribution in [0.4, 0.5) is 0 Å². The minimum atomic E-state index is -0.116. The minimum absolute atomic E-state index is 0. The highest BCUT2D eigenvalue weighted by Gasteiger charge is 2.35. The van der Waals surface area contributed by atoms with Crippen molar-refractivity contribution in [3.8, 4) is 0 Å². The average molecular weight is 372 g/mol. The van der Waals surface area contributed by atoms with Gasteiger partial charge in [-0.25, -0.2) is 0 Å². The quantitative estimate of drug-likeness (QED) is 0.679. The summed E-state index contributed by atoms with van der Waals surface area (Å²) in [5.41, 5.74) is 0. The summed E-state index contributed by atoms with van der Waals surface area (Å²) in [4.78, 5) is 23.6. The number of amides is 1. The van der Waals surface area contributed by atoms with Gasteiger partial charge in [0.25, 0.3) is 0 Å². The first-order valence-corrected chi connectivity index (χ1v) is 10.5. The number of Topliss-reactive ketones (excluding diaryl/α,β-unsaturated/α-hetero) is 1. The molecule has 1 atom stereocenters. The third kappa shape index (κ3) is 9.13. The van der Waals surface area contributed by atoms with Crippen LogP contribution in [0.25, 0.3) is 0 Å². The van der Waals surface area contributed by atoms with E-state index in [1.165, 1.54) is 19.3 Å². The van der Waals surface area contributed by atoms with Gasteiger partial charge in [0.05, 0.1) is 18.8 Å². The SMILES string of the molecule is CC(C)C(=O)C1CC(NC(=O)CCOC2CCCCC2)C1.CCC(C)O.[HH]. The molecule has 0 radical (unpaired) electrons. The summed E-state index contributed by atoms with van der Waals surface area (Å²) in [6, 6.07) is 0.194. The molecule has 5 heteroatoms. The van der Waals surface area contributed by atoms with Crippen molar-refractivity contribution in [2.24, 2.45) is 11.8 Å². The van der Waals surface area contributed by atoms with Gasteiger partial charge in [0.2, 0.25) is 5.91 Å². The number of nitrogens with one attached hydrogen (secondary N) is 1. The number of ether oxygens (including phenoxy) is 1. The molecule has 0 aromatic rings. The van der Waals surface area contributed by atoms with Crippen molar-refractivity contribution in [1.82, 2.24) is 5.32 Å². The van der Waals surface area contributed by atoms with Crippen molar-refractivity contribution in [1.29, 1.82) is 0 Å².